The quantitative estimate of drug-likeness (QED) is 0.579. The lowest BCUT2D eigenvalue weighted by molar-refractivity contribution is -0.117. The molecule has 0 spiro atoms. The van der Waals surface area contributed by atoms with Gasteiger partial charge in [0.2, 0.25) is 5.91 Å². The molecular weight excluding hydrogens is 240 g/mol. The number of nitrogens with two attached hydrogens (primary N) is 1. The molecule has 5 N–H and O–H groups in total. The maximum Gasteiger partial charge on any atom is 0.236 e. The first-order valence-electron chi connectivity index (χ1n) is 6.47. The smallest absolute Gasteiger partial charge is 0.236 e. The average Bonchev–Trinajstić information content (AvgIpc) is 2.40. The summed E-state index contributed by atoms with van der Waals surface area (Å²) in [4.78, 5) is 10.8. The Labute approximate surface area is 113 Å². The number of allylic oxidation sites excluding steroid dienone is 4. The molecule has 0 fully saturated rings. The number of primary amides is 1. The van der Waals surface area contributed by atoms with Gasteiger partial charge in [-0.3, -0.25) is 4.79 Å². The highest BCUT2D eigenvalue weighted by molar-refractivity contribution is 5.76. The van der Waals surface area contributed by atoms with Crippen LogP contribution in [0.4, 0.5) is 0 Å². The normalized spacial score (nSPS) is 21.7. The van der Waals surface area contributed by atoms with Gasteiger partial charge >= 0.3 is 0 Å². The Balaban J connectivity index is 2.04. The summed E-state index contributed by atoms with van der Waals surface area (Å²) in [5, 5.41) is 9.58. The summed E-state index contributed by atoms with van der Waals surface area (Å²) < 4.78 is 0. The molecule has 2 aliphatic rings. The zero-order chi connectivity index (χ0) is 13.7. The summed E-state index contributed by atoms with van der Waals surface area (Å²) in [5.74, 6) is 1.08. The maximum absolute atomic E-state index is 10.8. The van der Waals surface area contributed by atoms with E-state index >= 15 is 0 Å². The molecule has 1 atom stereocenters. The van der Waals surface area contributed by atoms with E-state index in [0.29, 0.717) is 5.92 Å². The van der Waals surface area contributed by atoms with Crippen LogP contribution < -0.4 is 21.7 Å². The van der Waals surface area contributed by atoms with E-state index in [0.717, 1.165) is 30.2 Å². The van der Waals surface area contributed by atoms with Crippen LogP contribution in [-0.2, 0) is 4.79 Å². The van der Waals surface area contributed by atoms with Gasteiger partial charge in [0.05, 0.1) is 12.2 Å². The SMILES string of the molecule is CC1C=CC(NC2=C(NCC(N)=O)C=CCN2)=CC1. The van der Waals surface area contributed by atoms with Crippen LogP contribution in [0.5, 0.6) is 0 Å². The third-order valence-corrected chi connectivity index (χ3v) is 2.99. The Morgan fingerprint density at radius 1 is 1.53 bits per heavy atom. The van der Waals surface area contributed by atoms with Gasteiger partial charge in [0.15, 0.2) is 0 Å². The molecule has 2 rings (SSSR count). The van der Waals surface area contributed by atoms with Gasteiger partial charge in [0.1, 0.15) is 5.82 Å². The lowest BCUT2D eigenvalue weighted by Crippen LogP contribution is -2.36. The van der Waals surface area contributed by atoms with Crippen molar-refractivity contribution in [3.63, 3.8) is 0 Å². The van der Waals surface area contributed by atoms with Gasteiger partial charge in [-0.1, -0.05) is 25.2 Å². The van der Waals surface area contributed by atoms with Crippen molar-refractivity contribution in [1.82, 2.24) is 16.0 Å². The van der Waals surface area contributed by atoms with Crippen molar-refractivity contribution in [3.05, 3.63) is 47.6 Å². The molecule has 5 heteroatoms. The van der Waals surface area contributed by atoms with Crippen molar-refractivity contribution in [2.24, 2.45) is 11.7 Å². The van der Waals surface area contributed by atoms with Gasteiger partial charge in [0, 0.05) is 12.2 Å². The van der Waals surface area contributed by atoms with E-state index in [2.05, 4.69) is 41.1 Å². The van der Waals surface area contributed by atoms with Crippen molar-refractivity contribution in [2.45, 2.75) is 13.3 Å². The first-order valence-corrected chi connectivity index (χ1v) is 6.47. The number of amides is 1. The highest BCUT2D eigenvalue weighted by Crippen LogP contribution is 2.15. The van der Waals surface area contributed by atoms with E-state index in [-0.39, 0.29) is 12.5 Å². The van der Waals surface area contributed by atoms with Gasteiger partial charge < -0.3 is 21.7 Å². The zero-order valence-electron chi connectivity index (χ0n) is 11.1. The molecule has 0 saturated carbocycles. The molecule has 0 aromatic carbocycles. The number of nitrogens with one attached hydrogen (secondary N) is 3. The molecule has 5 nitrogen and oxygen atoms in total. The van der Waals surface area contributed by atoms with Gasteiger partial charge in [0.25, 0.3) is 0 Å². The zero-order valence-corrected chi connectivity index (χ0v) is 11.1. The molecule has 0 radical (unpaired) electrons. The second-order valence-electron chi connectivity index (χ2n) is 4.75. The third kappa shape index (κ3) is 3.91. The predicted molar refractivity (Wildman–Crippen MR) is 75.5 cm³/mol. The Hall–Kier alpha value is -2.17. The van der Waals surface area contributed by atoms with Gasteiger partial charge in [-0.2, -0.15) is 0 Å². The standard InChI is InChI=1S/C14H20N4O/c1-10-4-6-11(7-5-10)18-14-12(3-2-8-16-14)17-9-13(15)19/h2-4,6-7,10,16-18H,5,8-9H2,1H3,(H2,15,19). The minimum atomic E-state index is -0.378. The number of dihydropyridines is 1. The molecule has 0 saturated heterocycles. The van der Waals surface area contributed by atoms with Crippen LogP contribution in [0, 0.1) is 5.92 Å². The third-order valence-electron chi connectivity index (χ3n) is 2.99. The van der Waals surface area contributed by atoms with Gasteiger partial charge in [-0.05, 0) is 24.5 Å². The molecule has 19 heavy (non-hydrogen) atoms. The van der Waals surface area contributed by atoms with E-state index in [4.69, 9.17) is 5.73 Å². The van der Waals surface area contributed by atoms with Crippen LogP contribution in [0.1, 0.15) is 13.3 Å². The molecule has 1 amide bonds. The average molecular weight is 260 g/mol. The molecule has 102 valence electrons. The van der Waals surface area contributed by atoms with Crippen LogP contribution in [0.2, 0.25) is 0 Å². The number of carbonyl (C=O) groups is 1. The lowest BCUT2D eigenvalue weighted by Gasteiger charge is -2.22. The highest BCUT2D eigenvalue weighted by atomic mass is 16.1. The Bertz CT molecular complexity index is 474. The second kappa shape index (κ2) is 6.13. The monoisotopic (exact) mass is 260 g/mol. The summed E-state index contributed by atoms with van der Waals surface area (Å²) in [5.41, 5.74) is 7.05. The number of carbonyl (C=O) groups excluding carboxylic acids is 1. The fourth-order valence-electron chi connectivity index (χ4n) is 1.92. The van der Waals surface area contributed by atoms with Crippen LogP contribution in [0.3, 0.4) is 0 Å². The molecular formula is C14H20N4O. The fraction of sp³-hybridized carbons (Fsp3) is 0.357. The van der Waals surface area contributed by atoms with Gasteiger partial charge in [-0.15, -0.1) is 0 Å². The molecule has 0 aromatic heterocycles. The number of rotatable bonds is 5. The Kier molecular flexibility index (Phi) is 4.28. The minimum Gasteiger partial charge on any atom is -0.373 e. The minimum absolute atomic E-state index is 0.123. The highest BCUT2D eigenvalue weighted by Gasteiger charge is 2.10. The molecule has 0 aromatic rings. The van der Waals surface area contributed by atoms with Crippen LogP contribution in [-0.4, -0.2) is 19.0 Å². The molecule has 1 aliphatic heterocycles. The van der Waals surface area contributed by atoms with Gasteiger partial charge in [-0.25, -0.2) is 0 Å². The van der Waals surface area contributed by atoms with Crippen LogP contribution >= 0.6 is 0 Å². The summed E-state index contributed by atoms with van der Waals surface area (Å²) in [7, 11) is 0. The summed E-state index contributed by atoms with van der Waals surface area (Å²) in [6.07, 6.45) is 11.4. The van der Waals surface area contributed by atoms with Crippen LogP contribution in [0.15, 0.2) is 47.6 Å². The molecule has 0 bridgehead atoms. The largest absolute Gasteiger partial charge is 0.373 e. The fourth-order valence-corrected chi connectivity index (χ4v) is 1.92. The van der Waals surface area contributed by atoms with E-state index < -0.39 is 0 Å². The Morgan fingerprint density at radius 2 is 2.37 bits per heavy atom. The van der Waals surface area contributed by atoms with Crippen molar-refractivity contribution >= 4 is 5.91 Å². The van der Waals surface area contributed by atoms with E-state index in [1.807, 2.05) is 12.2 Å². The van der Waals surface area contributed by atoms with Crippen LogP contribution in [0.25, 0.3) is 0 Å². The molecule has 1 heterocycles. The first-order chi connectivity index (χ1) is 9.15. The summed E-state index contributed by atoms with van der Waals surface area (Å²) >= 11 is 0. The van der Waals surface area contributed by atoms with E-state index in [9.17, 15) is 4.79 Å². The number of hydrogen-bond acceptors (Lipinski definition) is 4. The Morgan fingerprint density at radius 3 is 3.05 bits per heavy atom. The van der Waals surface area contributed by atoms with E-state index in [1.165, 1.54) is 0 Å². The maximum atomic E-state index is 10.8. The topological polar surface area (TPSA) is 79.2 Å². The molecule has 1 unspecified atom stereocenters. The van der Waals surface area contributed by atoms with Crippen molar-refractivity contribution in [2.75, 3.05) is 13.1 Å². The summed E-state index contributed by atoms with van der Waals surface area (Å²) in [6, 6.07) is 0. The lowest BCUT2D eigenvalue weighted by atomic mass is 10.0. The first kappa shape index (κ1) is 13.3. The van der Waals surface area contributed by atoms with E-state index in [1.54, 1.807) is 0 Å². The molecule has 1 aliphatic carbocycles. The van der Waals surface area contributed by atoms with Crippen molar-refractivity contribution < 1.29 is 4.79 Å². The predicted octanol–water partition coefficient (Wildman–Crippen LogP) is 0.459. The van der Waals surface area contributed by atoms with Crippen molar-refractivity contribution in [1.29, 1.82) is 0 Å². The second-order valence-corrected chi connectivity index (χ2v) is 4.75. The summed E-state index contributed by atoms with van der Waals surface area (Å²) in [6.45, 7) is 3.07. The van der Waals surface area contributed by atoms with Crippen molar-refractivity contribution in [3.8, 4) is 0 Å². The number of hydrogen-bond donors (Lipinski definition) is 4.